The number of hydrogen-bond acceptors (Lipinski definition) is 9. The summed E-state index contributed by atoms with van der Waals surface area (Å²) in [6.07, 6.45) is 0.158. The highest BCUT2D eigenvalue weighted by Crippen LogP contribution is 2.35. The van der Waals surface area contributed by atoms with E-state index in [2.05, 4.69) is 37.1 Å². The van der Waals surface area contributed by atoms with Gasteiger partial charge in [-0.15, -0.1) is 17.3 Å². The SMILES string of the molecule is CC#CCn1c(=O)c2c(ncn2C(C)C(=O)Nc2csc(-c3cnc(N4CCCC4C(F)(F)F)nc3)n2)n(C)c1=O. The summed E-state index contributed by atoms with van der Waals surface area (Å²) in [7, 11) is 1.48. The second-order valence-electron chi connectivity index (χ2n) is 9.35. The highest BCUT2D eigenvalue weighted by Gasteiger charge is 2.46. The summed E-state index contributed by atoms with van der Waals surface area (Å²) in [6.45, 7) is 3.29. The molecule has 16 heteroatoms. The van der Waals surface area contributed by atoms with Crippen molar-refractivity contribution in [2.45, 2.75) is 51.5 Å². The number of imidazole rings is 1. The molecule has 1 aliphatic heterocycles. The zero-order valence-electron chi connectivity index (χ0n) is 22.1. The van der Waals surface area contributed by atoms with E-state index in [4.69, 9.17) is 0 Å². The predicted molar refractivity (Wildman–Crippen MR) is 146 cm³/mol. The molecular weight excluding hydrogens is 563 g/mol. The van der Waals surface area contributed by atoms with E-state index in [9.17, 15) is 27.6 Å². The average Bonchev–Trinajstić information content (AvgIpc) is 3.71. The van der Waals surface area contributed by atoms with Crippen molar-refractivity contribution in [3.8, 4) is 22.4 Å². The van der Waals surface area contributed by atoms with Gasteiger partial charge in [0.25, 0.3) is 5.56 Å². The van der Waals surface area contributed by atoms with Crippen LogP contribution in [0.1, 0.15) is 32.7 Å². The Balaban J connectivity index is 1.34. The van der Waals surface area contributed by atoms with Crippen molar-refractivity contribution >= 4 is 40.2 Å². The van der Waals surface area contributed by atoms with E-state index in [1.54, 1.807) is 19.2 Å². The zero-order chi connectivity index (χ0) is 29.5. The van der Waals surface area contributed by atoms with Gasteiger partial charge in [-0.3, -0.25) is 14.2 Å². The first-order chi connectivity index (χ1) is 19.5. The number of aryl methyl sites for hydroxylation is 1. The lowest BCUT2D eigenvalue weighted by atomic mass is 10.2. The lowest BCUT2D eigenvalue weighted by molar-refractivity contribution is -0.146. The first-order valence-corrected chi connectivity index (χ1v) is 13.4. The van der Waals surface area contributed by atoms with Crippen molar-refractivity contribution in [2.24, 2.45) is 7.05 Å². The maximum atomic E-state index is 13.3. The molecule has 0 bridgehead atoms. The Hall–Kier alpha value is -4.52. The number of halogens is 3. The fourth-order valence-electron chi connectivity index (χ4n) is 4.63. The van der Waals surface area contributed by atoms with E-state index >= 15 is 0 Å². The first-order valence-electron chi connectivity index (χ1n) is 12.5. The second kappa shape index (κ2) is 10.8. The molecule has 1 aliphatic rings. The van der Waals surface area contributed by atoms with Gasteiger partial charge in [-0.2, -0.15) is 13.2 Å². The van der Waals surface area contributed by atoms with Gasteiger partial charge >= 0.3 is 11.9 Å². The Kier molecular flexibility index (Phi) is 7.39. The van der Waals surface area contributed by atoms with Crippen LogP contribution in [0.3, 0.4) is 0 Å². The molecule has 0 radical (unpaired) electrons. The third-order valence-corrected chi connectivity index (χ3v) is 7.69. The van der Waals surface area contributed by atoms with Crippen molar-refractivity contribution in [2.75, 3.05) is 16.8 Å². The van der Waals surface area contributed by atoms with Crippen molar-refractivity contribution in [3.63, 3.8) is 0 Å². The first kappa shape index (κ1) is 28.0. The number of thiazole rings is 1. The standard InChI is InChI=1S/C25H24F3N9O3S/c1-4-5-8-36-22(39)18-19(34(3)24(36)40)31-13-37(18)14(2)20(38)32-17-12-41-21(33-17)15-10-29-23(30-11-15)35-9-6-7-16(35)25(26,27)28/h10-14,16H,6-9H2,1-3H3,(H,32,38). The van der Waals surface area contributed by atoms with Crippen LogP contribution in [0.25, 0.3) is 21.7 Å². The Morgan fingerprint density at radius 3 is 2.66 bits per heavy atom. The lowest BCUT2D eigenvalue weighted by Gasteiger charge is -2.26. The van der Waals surface area contributed by atoms with Crippen LogP contribution < -0.4 is 21.5 Å². The van der Waals surface area contributed by atoms with Gasteiger partial charge in [0.2, 0.25) is 11.9 Å². The fraction of sp³-hybridized carbons (Fsp3) is 0.400. The van der Waals surface area contributed by atoms with E-state index in [0.717, 1.165) is 9.47 Å². The third kappa shape index (κ3) is 5.20. The van der Waals surface area contributed by atoms with Gasteiger partial charge in [0.05, 0.1) is 12.9 Å². The van der Waals surface area contributed by atoms with Crippen molar-refractivity contribution in [3.05, 3.63) is 44.9 Å². The molecule has 1 saturated heterocycles. The van der Waals surface area contributed by atoms with Crippen LogP contribution in [-0.2, 0) is 18.4 Å². The molecule has 12 nitrogen and oxygen atoms in total. The van der Waals surface area contributed by atoms with Gasteiger partial charge < -0.3 is 14.8 Å². The van der Waals surface area contributed by atoms with Crippen LogP contribution in [0.2, 0.25) is 0 Å². The Bertz CT molecular complexity index is 1790. The summed E-state index contributed by atoms with van der Waals surface area (Å²) < 4.78 is 43.5. The molecule has 5 rings (SSSR count). The van der Waals surface area contributed by atoms with E-state index < -0.39 is 35.4 Å². The summed E-state index contributed by atoms with van der Waals surface area (Å²) in [4.78, 5) is 56.8. The number of hydrogen-bond donors (Lipinski definition) is 1. The van der Waals surface area contributed by atoms with Gasteiger partial charge in [0, 0.05) is 36.9 Å². The smallest absolute Gasteiger partial charge is 0.329 e. The highest BCUT2D eigenvalue weighted by molar-refractivity contribution is 7.13. The molecule has 1 fully saturated rings. The monoisotopic (exact) mass is 587 g/mol. The number of anilines is 2. The minimum atomic E-state index is -4.36. The fourth-order valence-corrected chi connectivity index (χ4v) is 5.35. The summed E-state index contributed by atoms with van der Waals surface area (Å²) in [5.41, 5.74) is -0.491. The number of nitrogens with one attached hydrogen (secondary N) is 1. The molecule has 5 heterocycles. The molecule has 2 atom stereocenters. The van der Waals surface area contributed by atoms with Crippen LogP contribution in [0.15, 0.2) is 33.7 Å². The van der Waals surface area contributed by atoms with Crippen LogP contribution >= 0.6 is 11.3 Å². The van der Waals surface area contributed by atoms with E-state index in [0.29, 0.717) is 17.0 Å². The zero-order valence-corrected chi connectivity index (χ0v) is 23.0. The molecule has 4 aromatic rings. The molecule has 4 aromatic heterocycles. The Morgan fingerprint density at radius 2 is 1.98 bits per heavy atom. The van der Waals surface area contributed by atoms with Crippen molar-refractivity contribution in [1.29, 1.82) is 0 Å². The predicted octanol–water partition coefficient (Wildman–Crippen LogP) is 2.56. The van der Waals surface area contributed by atoms with Crippen LogP contribution in [0.5, 0.6) is 0 Å². The Morgan fingerprint density at radius 1 is 1.24 bits per heavy atom. The topological polar surface area (TPSA) is 133 Å². The van der Waals surface area contributed by atoms with Gasteiger partial charge in [-0.25, -0.2) is 29.3 Å². The van der Waals surface area contributed by atoms with Gasteiger partial charge in [0.15, 0.2) is 11.2 Å². The molecule has 0 spiro atoms. The van der Waals surface area contributed by atoms with Gasteiger partial charge in [0.1, 0.15) is 22.9 Å². The normalized spacial score (nSPS) is 16.0. The summed E-state index contributed by atoms with van der Waals surface area (Å²) in [5.74, 6) is 5.09. The van der Waals surface area contributed by atoms with Gasteiger partial charge in [-0.05, 0) is 26.7 Å². The molecular formula is C25H24F3N9O3S. The minimum Gasteiger partial charge on any atom is -0.329 e. The molecule has 0 aliphatic carbocycles. The number of alkyl halides is 3. The van der Waals surface area contributed by atoms with Gasteiger partial charge in [-0.1, -0.05) is 5.92 Å². The summed E-state index contributed by atoms with van der Waals surface area (Å²) >= 11 is 1.19. The number of aromatic nitrogens is 7. The molecule has 41 heavy (non-hydrogen) atoms. The summed E-state index contributed by atoms with van der Waals surface area (Å²) in [5, 5.41) is 4.75. The minimum absolute atomic E-state index is 0.000756. The Labute approximate surface area is 234 Å². The molecule has 1 N–H and O–H groups in total. The van der Waals surface area contributed by atoms with E-state index in [-0.39, 0.29) is 42.4 Å². The van der Waals surface area contributed by atoms with Crippen LogP contribution in [0.4, 0.5) is 24.9 Å². The number of amides is 1. The lowest BCUT2D eigenvalue weighted by Crippen LogP contribution is -2.42. The third-order valence-electron chi connectivity index (χ3n) is 6.80. The molecule has 214 valence electrons. The average molecular weight is 588 g/mol. The largest absolute Gasteiger partial charge is 0.408 e. The maximum Gasteiger partial charge on any atom is 0.408 e. The summed E-state index contributed by atoms with van der Waals surface area (Å²) in [6, 6.07) is -2.51. The maximum absolute atomic E-state index is 13.3. The number of nitrogens with zero attached hydrogens (tertiary/aromatic N) is 8. The second-order valence-corrected chi connectivity index (χ2v) is 10.2. The molecule has 2 unspecified atom stereocenters. The number of fused-ring (bicyclic) bond motifs is 1. The number of carbonyl (C=O) groups excluding carboxylic acids is 1. The highest BCUT2D eigenvalue weighted by atomic mass is 32.1. The molecule has 0 aromatic carbocycles. The molecule has 1 amide bonds. The van der Waals surface area contributed by atoms with Crippen LogP contribution in [0, 0.1) is 11.8 Å². The molecule has 0 saturated carbocycles. The quantitative estimate of drug-likeness (QED) is 0.341. The van der Waals surface area contributed by atoms with Crippen molar-refractivity contribution < 1.29 is 18.0 Å². The van der Waals surface area contributed by atoms with E-state index in [1.165, 1.54) is 46.2 Å². The number of carbonyl (C=O) groups is 1. The van der Waals surface area contributed by atoms with E-state index in [1.807, 2.05) is 0 Å². The van der Waals surface area contributed by atoms with Crippen LogP contribution in [-0.4, -0.2) is 58.3 Å². The van der Waals surface area contributed by atoms with Crippen molar-refractivity contribution in [1.82, 2.24) is 33.6 Å². The number of rotatable bonds is 6.